The van der Waals surface area contributed by atoms with Gasteiger partial charge in [-0.15, -0.1) is 11.8 Å². The number of aliphatic carboxylic acids is 1. The minimum Gasteiger partial charge on any atom is -0.480 e. The topological polar surface area (TPSA) is 63.3 Å². The number of carboxylic acid groups (broad SMARTS) is 1. The summed E-state index contributed by atoms with van der Waals surface area (Å²) in [6.45, 7) is 0. The van der Waals surface area contributed by atoms with Crippen LogP contribution in [-0.4, -0.2) is 22.9 Å². The maximum Gasteiger partial charge on any atom is 0.321 e. The van der Waals surface area contributed by atoms with E-state index >= 15 is 0 Å². The van der Waals surface area contributed by atoms with Gasteiger partial charge in [0.25, 0.3) is 0 Å². The van der Waals surface area contributed by atoms with Crippen LogP contribution < -0.4 is 5.73 Å². The lowest BCUT2D eigenvalue weighted by Crippen LogP contribution is -2.32. The molecule has 14 heavy (non-hydrogen) atoms. The van der Waals surface area contributed by atoms with Crippen molar-refractivity contribution in [2.75, 3.05) is 5.75 Å². The molecule has 0 bridgehead atoms. The van der Waals surface area contributed by atoms with Crippen molar-refractivity contribution in [1.82, 2.24) is 0 Å². The zero-order chi connectivity index (χ0) is 10.6. The molecule has 0 amide bonds. The number of carbonyl (C=O) groups is 1. The van der Waals surface area contributed by atoms with Crippen molar-refractivity contribution in [1.29, 1.82) is 0 Å². The lowest BCUT2D eigenvalue weighted by molar-refractivity contribution is -0.137. The third-order valence-electron chi connectivity index (χ3n) is 1.54. The molecular weight excluding hydrogens is 266 g/mol. The summed E-state index contributed by atoms with van der Waals surface area (Å²) < 4.78 is 0.978. The number of hydrogen-bond donors (Lipinski definition) is 2. The number of carboxylic acids is 1. The molecule has 0 aliphatic rings. The van der Waals surface area contributed by atoms with Crippen molar-refractivity contribution >= 4 is 33.7 Å². The van der Waals surface area contributed by atoms with Crippen molar-refractivity contribution in [2.45, 2.75) is 10.9 Å². The van der Waals surface area contributed by atoms with E-state index in [0.29, 0.717) is 5.75 Å². The Hall–Kier alpha value is -0.520. The lowest BCUT2D eigenvalue weighted by Gasteiger charge is -2.05. The van der Waals surface area contributed by atoms with Gasteiger partial charge in [-0.3, -0.25) is 4.79 Å². The van der Waals surface area contributed by atoms with Crippen LogP contribution in [0.1, 0.15) is 0 Å². The van der Waals surface area contributed by atoms with E-state index in [2.05, 4.69) is 15.9 Å². The van der Waals surface area contributed by atoms with Gasteiger partial charge >= 0.3 is 5.97 Å². The van der Waals surface area contributed by atoms with Gasteiger partial charge in [0.15, 0.2) is 0 Å². The van der Waals surface area contributed by atoms with Crippen LogP contribution in [0.15, 0.2) is 33.6 Å². The quantitative estimate of drug-likeness (QED) is 0.825. The summed E-state index contributed by atoms with van der Waals surface area (Å²) in [5, 5.41) is 8.57. The van der Waals surface area contributed by atoms with Crippen LogP contribution in [0.2, 0.25) is 0 Å². The summed E-state index contributed by atoms with van der Waals surface area (Å²) in [5.74, 6) is -0.585. The first-order valence-corrected chi connectivity index (χ1v) is 5.74. The fraction of sp³-hybridized carbons (Fsp3) is 0.222. The van der Waals surface area contributed by atoms with Crippen LogP contribution in [0, 0.1) is 0 Å². The van der Waals surface area contributed by atoms with Gasteiger partial charge in [0, 0.05) is 15.1 Å². The van der Waals surface area contributed by atoms with Gasteiger partial charge in [-0.25, -0.2) is 0 Å². The molecule has 1 aromatic rings. The fourth-order valence-corrected chi connectivity index (χ4v) is 2.26. The number of halogens is 1. The van der Waals surface area contributed by atoms with E-state index in [0.717, 1.165) is 9.37 Å². The smallest absolute Gasteiger partial charge is 0.321 e. The van der Waals surface area contributed by atoms with E-state index in [1.807, 2.05) is 24.3 Å². The van der Waals surface area contributed by atoms with Gasteiger partial charge in [0.05, 0.1) is 0 Å². The van der Waals surface area contributed by atoms with E-state index in [4.69, 9.17) is 10.8 Å². The van der Waals surface area contributed by atoms with Gasteiger partial charge in [0.2, 0.25) is 0 Å². The zero-order valence-electron chi connectivity index (χ0n) is 7.31. The first-order chi connectivity index (χ1) is 6.59. The number of rotatable bonds is 4. The average Bonchev–Trinajstić information content (AvgIpc) is 2.14. The Kier molecular flexibility index (Phi) is 4.44. The SMILES string of the molecule is N[C@@H](CSc1cccc(Br)c1)C(=O)O. The van der Waals surface area contributed by atoms with Gasteiger partial charge in [-0.1, -0.05) is 22.0 Å². The molecule has 0 saturated heterocycles. The molecule has 1 aromatic carbocycles. The molecule has 0 unspecified atom stereocenters. The predicted octanol–water partition coefficient (Wildman–Crippen LogP) is 1.95. The Bertz CT molecular complexity index is 332. The zero-order valence-corrected chi connectivity index (χ0v) is 9.72. The van der Waals surface area contributed by atoms with Crippen molar-refractivity contribution in [3.8, 4) is 0 Å². The highest BCUT2D eigenvalue weighted by Crippen LogP contribution is 2.22. The van der Waals surface area contributed by atoms with Gasteiger partial charge < -0.3 is 10.8 Å². The molecule has 0 aliphatic heterocycles. The Morgan fingerprint density at radius 3 is 2.93 bits per heavy atom. The summed E-state index contributed by atoms with van der Waals surface area (Å²) >= 11 is 4.77. The first-order valence-electron chi connectivity index (χ1n) is 3.96. The van der Waals surface area contributed by atoms with Crippen molar-refractivity contribution in [3.63, 3.8) is 0 Å². The van der Waals surface area contributed by atoms with Crippen LogP contribution in [0.4, 0.5) is 0 Å². The molecule has 0 heterocycles. The summed E-state index contributed by atoms with van der Waals surface area (Å²) in [5.41, 5.74) is 5.37. The second-order valence-electron chi connectivity index (χ2n) is 2.71. The first kappa shape index (κ1) is 11.6. The average molecular weight is 276 g/mol. The van der Waals surface area contributed by atoms with Gasteiger partial charge in [-0.05, 0) is 18.2 Å². The molecule has 3 N–H and O–H groups in total. The Balaban J connectivity index is 2.49. The van der Waals surface area contributed by atoms with Crippen LogP contribution in [0.3, 0.4) is 0 Å². The number of hydrogen-bond acceptors (Lipinski definition) is 3. The molecule has 76 valence electrons. The normalized spacial score (nSPS) is 12.4. The van der Waals surface area contributed by atoms with E-state index in [-0.39, 0.29) is 0 Å². The van der Waals surface area contributed by atoms with E-state index in [9.17, 15) is 4.79 Å². The Morgan fingerprint density at radius 1 is 1.64 bits per heavy atom. The third kappa shape index (κ3) is 3.69. The number of nitrogens with two attached hydrogens (primary N) is 1. The molecule has 0 aromatic heterocycles. The monoisotopic (exact) mass is 275 g/mol. The predicted molar refractivity (Wildman–Crippen MR) is 60.5 cm³/mol. The summed E-state index contributed by atoms with van der Waals surface area (Å²) in [6.07, 6.45) is 0. The lowest BCUT2D eigenvalue weighted by atomic mass is 10.4. The molecule has 0 fully saturated rings. The molecule has 5 heteroatoms. The Labute approximate surface area is 94.8 Å². The van der Waals surface area contributed by atoms with E-state index in [1.54, 1.807) is 0 Å². The van der Waals surface area contributed by atoms with Crippen molar-refractivity contribution < 1.29 is 9.90 Å². The molecule has 0 aliphatic carbocycles. The van der Waals surface area contributed by atoms with Crippen molar-refractivity contribution in [3.05, 3.63) is 28.7 Å². The van der Waals surface area contributed by atoms with Crippen LogP contribution in [-0.2, 0) is 4.79 Å². The molecule has 0 saturated carbocycles. The van der Waals surface area contributed by atoms with E-state index in [1.165, 1.54) is 11.8 Å². The maximum absolute atomic E-state index is 10.4. The van der Waals surface area contributed by atoms with Crippen LogP contribution >= 0.6 is 27.7 Å². The van der Waals surface area contributed by atoms with Gasteiger partial charge in [-0.2, -0.15) is 0 Å². The van der Waals surface area contributed by atoms with Crippen LogP contribution in [0.5, 0.6) is 0 Å². The largest absolute Gasteiger partial charge is 0.480 e. The molecule has 1 rings (SSSR count). The minimum absolute atomic E-state index is 0.381. The summed E-state index contributed by atoms with van der Waals surface area (Å²) in [7, 11) is 0. The second-order valence-corrected chi connectivity index (χ2v) is 4.72. The number of thioether (sulfide) groups is 1. The molecule has 0 radical (unpaired) electrons. The van der Waals surface area contributed by atoms with Crippen LogP contribution in [0.25, 0.3) is 0 Å². The van der Waals surface area contributed by atoms with Crippen molar-refractivity contribution in [2.24, 2.45) is 5.73 Å². The fourth-order valence-electron chi connectivity index (χ4n) is 0.814. The molecule has 1 atom stereocenters. The third-order valence-corrected chi connectivity index (χ3v) is 3.15. The van der Waals surface area contributed by atoms with E-state index < -0.39 is 12.0 Å². The number of benzene rings is 1. The molecule has 0 spiro atoms. The second kappa shape index (κ2) is 5.38. The van der Waals surface area contributed by atoms with Gasteiger partial charge in [0.1, 0.15) is 6.04 Å². The maximum atomic E-state index is 10.4. The molecular formula is C9H10BrNO2S. The highest BCUT2D eigenvalue weighted by molar-refractivity contribution is 9.10. The highest BCUT2D eigenvalue weighted by Gasteiger charge is 2.11. The standard InChI is InChI=1S/C9H10BrNO2S/c10-6-2-1-3-7(4-6)14-5-8(11)9(12)13/h1-4,8H,5,11H2,(H,12,13)/t8-/m0/s1. The minimum atomic E-state index is -0.965. The highest BCUT2D eigenvalue weighted by atomic mass is 79.9. The molecule has 3 nitrogen and oxygen atoms in total. The Morgan fingerprint density at radius 2 is 2.36 bits per heavy atom. The summed E-state index contributed by atoms with van der Waals surface area (Å²) in [6, 6.07) is 6.86. The summed E-state index contributed by atoms with van der Waals surface area (Å²) in [4.78, 5) is 11.5.